The highest BCUT2D eigenvalue weighted by atomic mass is 32.2. The topological polar surface area (TPSA) is 69.4 Å². The van der Waals surface area contributed by atoms with Crippen molar-refractivity contribution < 1.29 is 21.9 Å². The lowest BCUT2D eigenvalue weighted by Crippen LogP contribution is -2.13. The summed E-state index contributed by atoms with van der Waals surface area (Å²) in [6.45, 7) is 2.28. The molecular formula is C13H19F2NO3S. The van der Waals surface area contributed by atoms with Crippen molar-refractivity contribution in [1.29, 1.82) is 0 Å². The van der Waals surface area contributed by atoms with Gasteiger partial charge >= 0.3 is 0 Å². The SMILES string of the molecule is CCCCCCCOc1c(F)cc(S(N)(=O)=O)cc1F. The third-order valence-electron chi connectivity index (χ3n) is 2.79. The molecule has 0 atom stereocenters. The lowest BCUT2D eigenvalue weighted by molar-refractivity contribution is 0.274. The fourth-order valence-electron chi connectivity index (χ4n) is 1.72. The molecule has 0 heterocycles. The van der Waals surface area contributed by atoms with Crippen LogP contribution in [0.25, 0.3) is 0 Å². The molecule has 0 bridgehead atoms. The molecule has 114 valence electrons. The quantitative estimate of drug-likeness (QED) is 0.751. The monoisotopic (exact) mass is 307 g/mol. The Balaban J connectivity index is 2.63. The van der Waals surface area contributed by atoms with Gasteiger partial charge in [0, 0.05) is 0 Å². The van der Waals surface area contributed by atoms with Gasteiger partial charge in [0.15, 0.2) is 17.4 Å². The van der Waals surface area contributed by atoms with E-state index in [0.29, 0.717) is 18.6 Å². The van der Waals surface area contributed by atoms with Crippen LogP contribution in [0.2, 0.25) is 0 Å². The molecule has 20 heavy (non-hydrogen) atoms. The largest absolute Gasteiger partial charge is 0.488 e. The Labute approximate surface area is 118 Å². The van der Waals surface area contributed by atoms with E-state index in [1.54, 1.807) is 0 Å². The average Bonchev–Trinajstić information content (AvgIpc) is 2.34. The first-order valence-corrected chi connectivity index (χ1v) is 8.05. The molecule has 1 rings (SSSR count). The summed E-state index contributed by atoms with van der Waals surface area (Å²) in [4.78, 5) is -0.609. The zero-order chi connectivity index (χ0) is 15.2. The maximum atomic E-state index is 13.6. The predicted molar refractivity (Wildman–Crippen MR) is 72.0 cm³/mol. The number of primary sulfonamides is 1. The molecule has 2 N–H and O–H groups in total. The normalized spacial score (nSPS) is 11.6. The van der Waals surface area contributed by atoms with Gasteiger partial charge < -0.3 is 4.74 Å². The molecule has 0 unspecified atom stereocenters. The summed E-state index contributed by atoms with van der Waals surface area (Å²) < 4.78 is 54.2. The first kappa shape index (κ1) is 16.8. The van der Waals surface area contributed by atoms with Crippen molar-refractivity contribution in [1.82, 2.24) is 0 Å². The number of rotatable bonds is 8. The van der Waals surface area contributed by atoms with Gasteiger partial charge in [-0.25, -0.2) is 22.3 Å². The molecule has 1 aromatic rings. The number of hydrogen-bond donors (Lipinski definition) is 1. The van der Waals surface area contributed by atoms with E-state index in [1.807, 2.05) is 0 Å². The van der Waals surface area contributed by atoms with Gasteiger partial charge in [0.1, 0.15) is 0 Å². The van der Waals surface area contributed by atoms with E-state index < -0.39 is 32.3 Å². The zero-order valence-electron chi connectivity index (χ0n) is 11.4. The van der Waals surface area contributed by atoms with Gasteiger partial charge in [-0.2, -0.15) is 0 Å². The van der Waals surface area contributed by atoms with Crippen molar-refractivity contribution in [2.45, 2.75) is 43.9 Å². The van der Waals surface area contributed by atoms with Crippen molar-refractivity contribution in [3.05, 3.63) is 23.8 Å². The number of sulfonamides is 1. The van der Waals surface area contributed by atoms with Gasteiger partial charge in [0.05, 0.1) is 11.5 Å². The van der Waals surface area contributed by atoms with Crippen molar-refractivity contribution in [3.63, 3.8) is 0 Å². The first-order chi connectivity index (χ1) is 9.36. The van der Waals surface area contributed by atoms with Crippen LogP contribution in [-0.4, -0.2) is 15.0 Å². The Hall–Kier alpha value is -1.21. The van der Waals surface area contributed by atoms with Crippen LogP contribution in [0.3, 0.4) is 0 Å². The minimum atomic E-state index is -4.14. The molecule has 0 radical (unpaired) electrons. The molecule has 0 amide bonds. The second-order valence-corrected chi connectivity index (χ2v) is 6.09. The number of hydrogen-bond acceptors (Lipinski definition) is 3. The van der Waals surface area contributed by atoms with Gasteiger partial charge in [-0.3, -0.25) is 0 Å². The molecule has 0 aromatic heterocycles. The molecule has 0 spiro atoms. The first-order valence-electron chi connectivity index (χ1n) is 6.51. The van der Waals surface area contributed by atoms with Crippen molar-refractivity contribution in [2.75, 3.05) is 6.61 Å². The van der Waals surface area contributed by atoms with Crippen LogP contribution >= 0.6 is 0 Å². The third kappa shape index (κ3) is 5.05. The Bertz CT molecular complexity index is 524. The molecule has 4 nitrogen and oxygen atoms in total. The number of ether oxygens (including phenoxy) is 1. The number of unbranched alkanes of at least 4 members (excludes halogenated alkanes) is 4. The van der Waals surface area contributed by atoms with Gasteiger partial charge in [-0.15, -0.1) is 0 Å². The summed E-state index contributed by atoms with van der Waals surface area (Å²) >= 11 is 0. The maximum Gasteiger partial charge on any atom is 0.238 e. The smallest absolute Gasteiger partial charge is 0.238 e. The fraction of sp³-hybridized carbons (Fsp3) is 0.538. The van der Waals surface area contributed by atoms with E-state index in [9.17, 15) is 17.2 Å². The minimum Gasteiger partial charge on any atom is -0.488 e. The maximum absolute atomic E-state index is 13.6. The molecule has 0 aliphatic heterocycles. The van der Waals surface area contributed by atoms with Crippen LogP contribution < -0.4 is 9.88 Å². The van der Waals surface area contributed by atoms with Crippen LogP contribution in [0.1, 0.15) is 39.0 Å². The average molecular weight is 307 g/mol. The van der Waals surface area contributed by atoms with Crippen LogP contribution in [0.4, 0.5) is 8.78 Å². The summed E-state index contributed by atoms with van der Waals surface area (Å²) in [6.07, 6.45) is 4.89. The molecule has 0 saturated carbocycles. The lowest BCUT2D eigenvalue weighted by Gasteiger charge is -2.09. The molecule has 0 aliphatic carbocycles. The van der Waals surface area contributed by atoms with Gasteiger partial charge in [-0.05, 0) is 18.6 Å². The summed E-state index contributed by atoms with van der Waals surface area (Å²) in [7, 11) is -4.14. The van der Waals surface area contributed by atoms with Gasteiger partial charge in [-0.1, -0.05) is 32.6 Å². The Morgan fingerprint density at radius 3 is 2.15 bits per heavy atom. The van der Waals surface area contributed by atoms with E-state index >= 15 is 0 Å². The van der Waals surface area contributed by atoms with Gasteiger partial charge in [0.25, 0.3) is 0 Å². The van der Waals surface area contributed by atoms with E-state index in [1.165, 1.54) is 0 Å². The minimum absolute atomic E-state index is 0.187. The Kier molecular flexibility index (Phi) is 6.35. The molecule has 1 aromatic carbocycles. The molecule has 0 fully saturated rings. The van der Waals surface area contributed by atoms with E-state index in [4.69, 9.17) is 9.88 Å². The van der Waals surface area contributed by atoms with Crippen molar-refractivity contribution in [2.24, 2.45) is 5.14 Å². The summed E-state index contributed by atoms with van der Waals surface area (Å²) in [5.74, 6) is -2.70. The lowest BCUT2D eigenvalue weighted by atomic mass is 10.2. The van der Waals surface area contributed by atoms with Crippen LogP contribution in [0, 0.1) is 11.6 Å². The predicted octanol–water partition coefficient (Wildman–Crippen LogP) is 2.96. The van der Waals surface area contributed by atoms with Gasteiger partial charge in [0.2, 0.25) is 10.0 Å². The van der Waals surface area contributed by atoms with E-state index in [-0.39, 0.29) is 6.61 Å². The second kappa shape index (κ2) is 7.54. The van der Waals surface area contributed by atoms with E-state index in [0.717, 1.165) is 25.7 Å². The Morgan fingerprint density at radius 2 is 1.65 bits per heavy atom. The highest BCUT2D eigenvalue weighted by molar-refractivity contribution is 7.89. The van der Waals surface area contributed by atoms with Crippen LogP contribution in [0.15, 0.2) is 17.0 Å². The second-order valence-electron chi connectivity index (χ2n) is 4.52. The van der Waals surface area contributed by atoms with Crippen LogP contribution in [-0.2, 0) is 10.0 Å². The molecule has 0 aliphatic rings. The number of benzene rings is 1. The van der Waals surface area contributed by atoms with Crippen molar-refractivity contribution in [3.8, 4) is 5.75 Å². The van der Waals surface area contributed by atoms with Crippen LogP contribution in [0.5, 0.6) is 5.75 Å². The standard InChI is InChI=1S/C13H19F2NO3S/c1-2-3-4-5-6-7-19-13-11(14)8-10(9-12(13)15)20(16,17)18/h8-9H,2-7H2,1H3,(H2,16,17,18). The summed E-state index contributed by atoms with van der Waals surface area (Å²) in [6, 6.07) is 1.32. The Morgan fingerprint density at radius 1 is 1.10 bits per heavy atom. The zero-order valence-corrected chi connectivity index (χ0v) is 12.2. The number of nitrogens with two attached hydrogens (primary N) is 1. The number of halogens is 2. The third-order valence-corrected chi connectivity index (χ3v) is 3.69. The molecule has 7 heteroatoms. The van der Waals surface area contributed by atoms with E-state index in [2.05, 4.69) is 6.92 Å². The fourth-order valence-corrected chi connectivity index (χ4v) is 2.25. The van der Waals surface area contributed by atoms with Crippen molar-refractivity contribution >= 4 is 10.0 Å². The summed E-state index contributed by atoms with van der Waals surface area (Å²) in [5.41, 5.74) is 0. The summed E-state index contributed by atoms with van der Waals surface area (Å²) in [5, 5.41) is 4.81. The molecule has 0 saturated heterocycles. The highest BCUT2D eigenvalue weighted by Gasteiger charge is 2.17. The highest BCUT2D eigenvalue weighted by Crippen LogP contribution is 2.25. The molecular weight excluding hydrogens is 288 g/mol.